The minimum Gasteiger partial charge on any atom is -0.462 e. The van der Waals surface area contributed by atoms with E-state index in [2.05, 4.69) is 64.2 Å². The largest absolute Gasteiger partial charge is 0.472 e. The van der Waals surface area contributed by atoms with Gasteiger partial charge in [0.05, 0.1) is 26.4 Å². The number of carbonyl (C=O) groups is 4. The highest BCUT2D eigenvalue weighted by Crippen LogP contribution is 2.45. The summed E-state index contributed by atoms with van der Waals surface area (Å²) in [7, 11) is -9.93. The molecule has 0 saturated carbocycles. The molecule has 0 heterocycles. The summed E-state index contributed by atoms with van der Waals surface area (Å²) < 4.78 is 68.6. The van der Waals surface area contributed by atoms with Gasteiger partial charge < -0.3 is 33.8 Å². The molecule has 98 heavy (non-hydrogen) atoms. The number of rotatable bonds is 77. The lowest BCUT2D eigenvalue weighted by molar-refractivity contribution is -0.161. The van der Waals surface area contributed by atoms with Crippen LogP contribution < -0.4 is 0 Å². The van der Waals surface area contributed by atoms with Gasteiger partial charge in [0, 0.05) is 25.7 Å². The SMILES string of the molecule is CCCCCC/C=C\CCCCCCCCCC(=O)OC[C@H](COP(=O)(O)OC[C@H](O)COP(=O)(O)OC[C@@H](COC(=O)CCCCCCC/C=C\CCCCCCCC)OC(=O)CCCCCCCCC/C=C\CCCCCC)OC(=O)CCCCCCCCCCCCCCC. The van der Waals surface area contributed by atoms with Gasteiger partial charge in [0.2, 0.25) is 0 Å². The third-order valence-corrected chi connectivity index (χ3v) is 19.5. The van der Waals surface area contributed by atoms with Crippen molar-refractivity contribution in [3.05, 3.63) is 36.5 Å². The Balaban J connectivity index is 5.31. The van der Waals surface area contributed by atoms with Gasteiger partial charge in [0.25, 0.3) is 0 Å². The molecule has 0 aliphatic rings. The Hall–Kier alpha value is -2.72. The first-order chi connectivity index (χ1) is 47.7. The second-order valence-corrected chi connectivity index (χ2v) is 30.3. The third kappa shape index (κ3) is 71.7. The number of ether oxygens (including phenoxy) is 4. The van der Waals surface area contributed by atoms with E-state index in [1.54, 1.807) is 0 Å². The molecule has 0 radical (unpaired) electrons. The molecule has 0 amide bonds. The molecular formula is C79H148O17P2. The highest BCUT2D eigenvalue weighted by Gasteiger charge is 2.30. The summed E-state index contributed by atoms with van der Waals surface area (Å²) >= 11 is 0. The zero-order valence-electron chi connectivity index (χ0n) is 63.0. The summed E-state index contributed by atoms with van der Waals surface area (Å²) in [6.45, 7) is 4.92. The predicted molar refractivity (Wildman–Crippen MR) is 400 cm³/mol. The van der Waals surface area contributed by atoms with Crippen LogP contribution in [0.1, 0.15) is 387 Å². The van der Waals surface area contributed by atoms with Crippen LogP contribution in [-0.2, 0) is 65.4 Å². The molecule has 0 aromatic rings. The van der Waals surface area contributed by atoms with Gasteiger partial charge in [-0.05, 0) is 103 Å². The molecule has 0 aliphatic carbocycles. The molecule has 0 rings (SSSR count). The lowest BCUT2D eigenvalue weighted by Gasteiger charge is -2.21. The number of hydrogen-bond donors (Lipinski definition) is 3. The quantitative estimate of drug-likeness (QED) is 0.0169. The molecule has 0 aromatic heterocycles. The van der Waals surface area contributed by atoms with Crippen molar-refractivity contribution in [3.63, 3.8) is 0 Å². The highest BCUT2D eigenvalue weighted by atomic mass is 31.2. The number of allylic oxidation sites excluding steroid dienone is 6. The highest BCUT2D eigenvalue weighted by molar-refractivity contribution is 7.47. The number of aliphatic hydroxyl groups is 1. The van der Waals surface area contributed by atoms with Crippen LogP contribution in [0.3, 0.4) is 0 Å². The minimum atomic E-state index is -4.97. The molecule has 0 aromatic carbocycles. The monoisotopic (exact) mass is 1430 g/mol. The number of phosphoric acid groups is 2. The molecule has 0 spiro atoms. The van der Waals surface area contributed by atoms with Crippen LogP contribution in [-0.4, -0.2) is 96.7 Å². The fraction of sp³-hybridized carbons (Fsp3) is 0.873. The summed E-state index contributed by atoms with van der Waals surface area (Å²) in [6.07, 6.45) is 68.3. The van der Waals surface area contributed by atoms with Crippen molar-refractivity contribution in [3.8, 4) is 0 Å². The van der Waals surface area contributed by atoms with Crippen LogP contribution in [0.25, 0.3) is 0 Å². The molecule has 576 valence electrons. The summed E-state index contributed by atoms with van der Waals surface area (Å²) in [5.41, 5.74) is 0. The van der Waals surface area contributed by atoms with Crippen molar-refractivity contribution in [2.75, 3.05) is 39.6 Å². The summed E-state index contributed by atoms with van der Waals surface area (Å²) in [6, 6.07) is 0. The lowest BCUT2D eigenvalue weighted by Crippen LogP contribution is -2.30. The van der Waals surface area contributed by atoms with Gasteiger partial charge in [0.15, 0.2) is 12.2 Å². The Labute approximate surface area is 598 Å². The maximum Gasteiger partial charge on any atom is 0.472 e. The number of unbranched alkanes of at least 4 members (excludes halogenated alkanes) is 45. The topological polar surface area (TPSA) is 237 Å². The molecular weight excluding hydrogens is 1280 g/mol. The first-order valence-electron chi connectivity index (χ1n) is 40.2. The second-order valence-electron chi connectivity index (χ2n) is 27.4. The van der Waals surface area contributed by atoms with Gasteiger partial charge in [-0.2, -0.15) is 0 Å². The van der Waals surface area contributed by atoms with E-state index in [9.17, 15) is 43.2 Å². The molecule has 2 unspecified atom stereocenters. The Morgan fingerprint density at radius 3 is 0.714 bits per heavy atom. The number of carbonyl (C=O) groups excluding carboxylic acids is 4. The number of hydrogen-bond acceptors (Lipinski definition) is 15. The molecule has 3 N–H and O–H groups in total. The van der Waals surface area contributed by atoms with Crippen LogP contribution in [0.15, 0.2) is 36.5 Å². The van der Waals surface area contributed by atoms with Crippen LogP contribution in [0, 0.1) is 0 Å². The van der Waals surface area contributed by atoms with Crippen LogP contribution in [0.5, 0.6) is 0 Å². The molecule has 0 fully saturated rings. The third-order valence-electron chi connectivity index (χ3n) is 17.6. The molecule has 17 nitrogen and oxygen atoms in total. The van der Waals surface area contributed by atoms with Crippen molar-refractivity contribution in [1.29, 1.82) is 0 Å². The van der Waals surface area contributed by atoms with E-state index in [1.165, 1.54) is 154 Å². The normalized spacial score (nSPS) is 14.1. The zero-order chi connectivity index (χ0) is 71.8. The fourth-order valence-corrected chi connectivity index (χ4v) is 13.0. The van der Waals surface area contributed by atoms with E-state index >= 15 is 0 Å². The maximum absolute atomic E-state index is 13.1. The van der Waals surface area contributed by atoms with Gasteiger partial charge >= 0.3 is 39.5 Å². The number of aliphatic hydroxyl groups excluding tert-OH is 1. The summed E-state index contributed by atoms with van der Waals surface area (Å²) in [5, 5.41) is 10.6. The summed E-state index contributed by atoms with van der Waals surface area (Å²) in [5.74, 6) is -2.15. The standard InChI is InChI=1S/C79H148O17P2/c1-5-9-13-17-21-25-29-33-36-40-43-47-51-55-59-63-76(81)89-69-74(95-78(83)65-61-57-53-49-45-39-32-28-24-20-16-12-8-4)71-93-97(85,86)91-67-73(80)68-92-98(87,88)94-72-75(96-79(84)66-62-58-54-50-46-42-38-35-31-27-23-19-15-11-7-3)70-90-77(82)64-60-56-52-48-44-41-37-34-30-26-22-18-14-10-6-2/h25,27,29,31,34,37,73-75,80H,5-24,26,28,30,32-33,35-36,38-72H2,1-4H3,(H,85,86)(H,87,88)/b29-25-,31-27-,37-34-/t73-,74+,75+/m0/s1. The van der Waals surface area contributed by atoms with Crippen molar-refractivity contribution in [2.45, 2.75) is 406 Å². The van der Waals surface area contributed by atoms with E-state index in [1.807, 2.05) is 0 Å². The van der Waals surface area contributed by atoms with Gasteiger partial charge in [-0.15, -0.1) is 0 Å². The molecule has 0 saturated heterocycles. The van der Waals surface area contributed by atoms with E-state index in [0.717, 1.165) is 154 Å². The van der Waals surface area contributed by atoms with E-state index in [-0.39, 0.29) is 25.7 Å². The Morgan fingerprint density at radius 2 is 0.469 bits per heavy atom. The molecule has 0 aliphatic heterocycles. The van der Waals surface area contributed by atoms with Gasteiger partial charge in [-0.1, -0.05) is 295 Å². The van der Waals surface area contributed by atoms with Crippen LogP contribution in [0.4, 0.5) is 0 Å². The molecule has 19 heteroatoms. The van der Waals surface area contributed by atoms with Gasteiger partial charge in [0.1, 0.15) is 19.3 Å². The van der Waals surface area contributed by atoms with Crippen molar-refractivity contribution in [2.24, 2.45) is 0 Å². The molecule has 5 atom stereocenters. The zero-order valence-corrected chi connectivity index (χ0v) is 64.8. The Bertz CT molecular complexity index is 2000. The Morgan fingerprint density at radius 1 is 0.276 bits per heavy atom. The number of esters is 4. The Kier molecular flexibility index (Phi) is 70.6. The van der Waals surface area contributed by atoms with Gasteiger partial charge in [-0.25, -0.2) is 9.13 Å². The second kappa shape index (κ2) is 72.6. The van der Waals surface area contributed by atoms with E-state index < -0.39 is 97.5 Å². The van der Waals surface area contributed by atoms with Crippen molar-refractivity contribution < 1.29 is 80.2 Å². The average Bonchev–Trinajstić information content (AvgIpc) is 0.959. The van der Waals surface area contributed by atoms with E-state index in [0.29, 0.717) is 25.7 Å². The van der Waals surface area contributed by atoms with Crippen LogP contribution >= 0.6 is 15.6 Å². The number of phosphoric ester groups is 2. The lowest BCUT2D eigenvalue weighted by atomic mass is 10.0. The molecule has 0 bridgehead atoms. The fourth-order valence-electron chi connectivity index (χ4n) is 11.4. The first-order valence-corrected chi connectivity index (χ1v) is 43.2. The van der Waals surface area contributed by atoms with Crippen molar-refractivity contribution >= 4 is 39.5 Å². The van der Waals surface area contributed by atoms with Crippen molar-refractivity contribution in [1.82, 2.24) is 0 Å². The smallest absolute Gasteiger partial charge is 0.462 e. The first kappa shape index (κ1) is 95.3. The maximum atomic E-state index is 13.1. The van der Waals surface area contributed by atoms with Gasteiger partial charge in [-0.3, -0.25) is 37.3 Å². The average molecular weight is 1430 g/mol. The van der Waals surface area contributed by atoms with Crippen LogP contribution in [0.2, 0.25) is 0 Å². The summed E-state index contributed by atoms with van der Waals surface area (Å²) in [4.78, 5) is 72.9. The minimum absolute atomic E-state index is 0.0948. The van der Waals surface area contributed by atoms with E-state index in [4.69, 9.17) is 37.0 Å². The predicted octanol–water partition coefficient (Wildman–Crippen LogP) is 23.1.